The standard InChI is InChI=1S/C18H18N2O3/c1-18-11-15(14-8-3-4-9-16(14)23-18)19-17(21)20(18)12-6-5-7-13(10-12)22-2/h3-10,15H,11H2,1-2H3,(H,19,21)/t15-,18+/m0/s1. The predicted octanol–water partition coefficient (Wildman–Crippen LogP) is 3.46. The van der Waals surface area contributed by atoms with Gasteiger partial charge in [-0.2, -0.15) is 0 Å². The lowest BCUT2D eigenvalue weighted by atomic mass is 9.90. The van der Waals surface area contributed by atoms with Crippen molar-refractivity contribution in [2.75, 3.05) is 12.0 Å². The molecule has 2 amide bonds. The number of nitrogens with zero attached hydrogens (tertiary/aromatic N) is 1. The van der Waals surface area contributed by atoms with E-state index < -0.39 is 5.72 Å². The first kappa shape index (κ1) is 13.9. The Morgan fingerprint density at radius 1 is 1.26 bits per heavy atom. The van der Waals surface area contributed by atoms with Crippen molar-refractivity contribution in [2.24, 2.45) is 0 Å². The third-order valence-corrected chi connectivity index (χ3v) is 4.49. The maximum Gasteiger partial charge on any atom is 0.325 e. The van der Waals surface area contributed by atoms with Gasteiger partial charge in [-0.1, -0.05) is 24.3 Å². The van der Waals surface area contributed by atoms with E-state index in [-0.39, 0.29) is 12.1 Å². The van der Waals surface area contributed by atoms with Crippen LogP contribution in [0.3, 0.4) is 0 Å². The number of para-hydroxylation sites is 1. The Bertz CT molecular complexity index is 776. The number of fused-ring (bicyclic) bond motifs is 4. The van der Waals surface area contributed by atoms with Gasteiger partial charge in [-0.05, 0) is 25.1 Å². The predicted molar refractivity (Wildman–Crippen MR) is 86.8 cm³/mol. The number of carbonyl (C=O) groups excluding carboxylic acids is 1. The Balaban J connectivity index is 1.79. The number of nitrogens with one attached hydrogen (secondary N) is 1. The number of rotatable bonds is 2. The molecule has 2 atom stereocenters. The van der Waals surface area contributed by atoms with Gasteiger partial charge in [-0.25, -0.2) is 4.79 Å². The Morgan fingerprint density at radius 2 is 2.09 bits per heavy atom. The molecule has 0 saturated carbocycles. The van der Waals surface area contributed by atoms with E-state index in [0.717, 1.165) is 17.0 Å². The molecular formula is C18H18N2O3. The number of ether oxygens (including phenoxy) is 2. The zero-order valence-electron chi connectivity index (χ0n) is 13.1. The third kappa shape index (κ3) is 2.11. The molecule has 2 bridgehead atoms. The highest BCUT2D eigenvalue weighted by molar-refractivity contribution is 5.95. The fourth-order valence-electron chi connectivity index (χ4n) is 3.46. The van der Waals surface area contributed by atoms with Gasteiger partial charge in [-0.15, -0.1) is 0 Å². The molecule has 0 unspecified atom stereocenters. The molecule has 23 heavy (non-hydrogen) atoms. The Labute approximate surface area is 134 Å². The minimum Gasteiger partial charge on any atom is -0.497 e. The number of anilines is 1. The zero-order valence-corrected chi connectivity index (χ0v) is 13.1. The average Bonchev–Trinajstić information content (AvgIpc) is 2.54. The van der Waals surface area contributed by atoms with Gasteiger partial charge in [-0.3, -0.25) is 4.90 Å². The van der Waals surface area contributed by atoms with Crippen LogP contribution in [0.25, 0.3) is 0 Å². The number of hydrogen-bond acceptors (Lipinski definition) is 3. The third-order valence-electron chi connectivity index (χ3n) is 4.49. The number of urea groups is 1. The quantitative estimate of drug-likeness (QED) is 0.924. The SMILES string of the molecule is COc1cccc(N2C(=O)N[C@H]3C[C@@]2(C)Oc2ccccc23)c1. The second-order valence-corrected chi connectivity index (χ2v) is 6.06. The van der Waals surface area contributed by atoms with Crippen molar-refractivity contribution in [3.63, 3.8) is 0 Å². The smallest absolute Gasteiger partial charge is 0.325 e. The number of carbonyl (C=O) groups is 1. The van der Waals surface area contributed by atoms with Crippen LogP contribution in [0, 0.1) is 0 Å². The molecule has 0 aliphatic carbocycles. The number of methoxy groups -OCH3 is 1. The minimum absolute atomic E-state index is 0.0284. The van der Waals surface area contributed by atoms with Crippen molar-refractivity contribution in [2.45, 2.75) is 25.1 Å². The number of amides is 2. The molecule has 5 nitrogen and oxygen atoms in total. The topological polar surface area (TPSA) is 50.8 Å². The summed E-state index contributed by atoms with van der Waals surface area (Å²) in [7, 11) is 1.61. The highest BCUT2D eigenvalue weighted by Crippen LogP contribution is 2.45. The first-order valence-corrected chi connectivity index (χ1v) is 7.63. The van der Waals surface area contributed by atoms with E-state index >= 15 is 0 Å². The highest BCUT2D eigenvalue weighted by atomic mass is 16.5. The summed E-state index contributed by atoms with van der Waals surface area (Å²) in [6.45, 7) is 1.95. The van der Waals surface area contributed by atoms with Crippen molar-refractivity contribution in [1.82, 2.24) is 5.32 Å². The summed E-state index contributed by atoms with van der Waals surface area (Å²) in [4.78, 5) is 14.4. The molecule has 1 N–H and O–H groups in total. The van der Waals surface area contributed by atoms with Crippen LogP contribution in [-0.2, 0) is 0 Å². The summed E-state index contributed by atoms with van der Waals surface area (Å²) in [6, 6.07) is 15.1. The van der Waals surface area contributed by atoms with Gasteiger partial charge in [0.1, 0.15) is 11.5 Å². The van der Waals surface area contributed by atoms with Gasteiger partial charge in [0.2, 0.25) is 0 Å². The average molecular weight is 310 g/mol. The Kier molecular flexibility index (Phi) is 2.98. The summed E-state index contributed by atoms with van der Waals surface area (Å²) >= 11 is 0. The van der Waals surface area contributed by atoms with Crippen LogP contribution in [0.4, 0.5) is 10.5 Å². The van der Waals surface area contributed by atoms with E-state index in [0.29, 0.717) is 12.2 Å². The van der Waals surface area contributed by atoms with Crippen LogP contribution in [0.1, 0.15) is 24.9 Å². The van der Waals surface area contributed by atoms with Gasteiger partial charge in [0, 0.05) is 18.1 Å². The van der Waals surface area contributed by atoms with Crippen LogP contribution in [0.5, 0.6) is 11.5 Å². The molecule has 2 aromatic rings. The lowest BCUT2D eigenvalue weighted by Gasteiger charge is -2.50. The molecule has 0 aromatic heterocycles. The molecule has 2 heterocycles. The fourth-order valence-corrected chi connectivity index (χ4v) is 3.46. The second kappa shape index (κ2) is 4.91. The number of benzene rings is 2. The summed E-state index contributed by atoms with van der Waals surface area (Å²) in [6.07, 6.45) is 0.687. The molecule has 2 aliphatic heterocycles. The van der Waals surface area contributed by atoms with Crippen LogP contribution >= 0.6 is 0 Å². The molecular weight excluding hydrogens is 292 g/mol. The highest BCUT2D eigenvalue weighted by Gasteiger charge is 2.49. The van der Waals surface area contributed by atoms with Gasteiger partial charge in [0.25, 0.3) is 0 Å². The summed E-state index contributed by atoms with van der Waals surface area (Å²) in [5, 5.41) is 3.08. The first-order chi connectivity index (χ1) is 11.1. The lowest BCUT2D eigenvalue weighted by Crippen LogP contribution is -2.65. The molecule has 2 aromatic carbocycles. The molecule has 1 fully saturated rings. The van der Waals surface area contributed by atoms with E-state index in [1.54, 1.807) is 12.0 Å². The molecule has 0 radical (unpaired) electrons. The van der Waals surface area contributed by atoms with Gasteiger partial charge in [0.15, 0.2) is 5.72 Å². The molecule has 1 saturated heterocycles. The van der Waals surface area contributed by atoms with E-state index in [2.05, 4.69) is 5.32 Å². The van der Waals surface area contributed by atoms with Crippen molar-refractivity contribution in [3.8, 4) is 11.5 Å². The summed E-state index contributed by atoms with van der Waals surface area (Å²) in [5.41, 5.74) is 1.05. The van der Waals surface area contributed by atoms with Crippen molar-refractivity contribution in [3.05, 3.63) is 54.1 Å². The first-order valence-electron chi connectivity index (χ1n) is 7.63. The maximum absolute atomic E-state index is 12.7. The van der Waals surface area contributed by atoms with Crippen LogP contribution in [0.2, 0.25) is 0 Å². The Hall–Kier alpha value is -2.69. The largest absolute Gasteiger partial charge is 0.497 e. The monoisotopic (exact) mass is 310 g/mol. The Morgan fingerprint density at radius 3 is 2.91 bits per heavy atom. The summed E-state index contributed by atoms with van der Waals surface area (Å²) in [5.74, 6) is 1.52. The van der Waals surface area contributed by atoms with E-state index in [1.807, 2.05) is 55.5 Å². The fraction of sp³-hybridized carbons (Fsp3) is 0.278. The van der Waals surface area contributed by atoms with Crippen molar-refractivity contribution >= 4 is 11.7 Å². The minimum atomic E-state index is -0.728. The van der Waals surface area contributed by atoms with Crippen molar-refractivity contribution in [1.29, 1.82) is 0 Å². The van der Waals surface area contributed by atoms with E-state index in [9.17, 15) is 4.79 Å². The van der Waals surface area contributed by atoms with Crippen LogP contribution in [-0.4, -0.2) is 18.9 Å². The van der Waals surface area contributed by atoms with Crippen LogP contribution in [0.15, 0.2) is 48.5 Å². The molecule has 5 heteroatoms. The second-order valence-electron chi connectivity index (χ2n) is 6.06. The van der Waals surface area contributed by atoms with Gasteiger partial charge < -0.3 is 14.8 Å². The van der Waals surface area contributed by atoms with E-state index in [1.165, 1.54) is 0 Å². The zero-order chi connectivity index (χ0) is 16.0. The molecule has 2 aliphatic rings. The molecule has 0 spiro atoms. The van der Waals surface area contributed by atoms with Gasteiger partial charge >= 0.3 is 6.03 Å². The molecule has 4 rings (SSSR count). The van der Waals surface area contributed by atoms with Crippen molar-refractivity contribution < 1.29 is 14.3 Å². The maximum atomic E-state index is 12.7. The molecule has 118 valence electrons. The summed E-state index contributed by atoms with van der Waals surface area (Å²) < 4.78 is 11.5. The van der Waals surface area contributed by atoms with Gasteiger partial charge in [0.05, 0.1) is 18.8 Å². The lowest BCUT2D eigenvalue weighted by molar-refractivity contribution is 0.0378. The van der Waals surface area contributed by atoms with Crippen LogP contribution < -0.4 is 19.7 Å². The normalized spacial score (nSPS) is 25.2. The number of hydrogen-bond donors (Lipinski definition) is 1. The van der Waals surface area contributed by atoms with E-state index in [4.69, 9.17) is 9.47 Å².